The Morgan fingerprint density at radius 2 is 1.79 bits per heavy atom. The van der Waals surface area contributed by atoms with Crippen molar-refractivity contribution in [3.05, 3.63) is 64.4 Å². The number of nitrogens with one attached hydrogen (secondary N) is 3. The first kappa shape index (κ1) is 27.4. The molecule has 2 aromatic rings. The maximum atomic E-state index is 13.8. The van der Waals surface area contributed by atoms with Gasteiger partial charge in [0.1, 0.15) is 18.0 Å². The first-order valence-corrected chi connectivity index (χ1v) is 10.3. The van der Waals surface area contributed by atoms with Crippen LogP contribution in [-0.2, 0) is 0 Å². The summed E-state index contributed by atoms with van der Waals surface area (Å²) in [6.45, 7) is 3.02. The van der Waals surface area contributed by atoms with Crippen molar-refractivity contribution in [2.24, 2.45) is 16.6 Å². The molecule has 0 aliphatic heterocycles. The summed E-state index contributed by atoms with van der Waals surface area (Å²) in [6.07, 6.45) is -5.97. The summed E-state index contributed by atoms with van der Waals surface area (Å²) in [7, 11) is 0. The van der Waals surface area contributed by atoms with E-state index in [-0.39, 0.29) is 22.8 Å². The predicted molar refractivity (Wildman–Crippen MR) is 117 cm³/mol. The lowest BCUT2D eigenvalue weighted by Crippen LogP contribution is -2.51. The van der Waals surface area contributed by atoms with Gasteiger partial charge in [-0.1, -0.05) is 25.4 Å². The largest absolute Gasteiger partial charge is 0.404 e. The molecule has 1 amide bonds. The number of carbonyl (C=O) groups is 1. The Kier molecular flexibility index (Phi) is 9.30. The molecule has 0 bridgehead atoms. The molecule has 0 saturated heterocycles. The van der Waals surface area contributed by atoms with E-state index in [1.54, 1.807) is 6.92 Å². The highest BCUT2D eigenvalue weighted by Crippen LogP contribution is 2.26. The van der Waals surface area contributed by atoms with Gasteiger partial charge in [0.2, 0.25) is 5.96 Å². The van der Waals surface area contributed by atoms with Crippen LogP contribution in [0.5, 0.6) is 0 Å². The van der Waals surface area contributed by atoms with E-state index in [0.29, 0.717) is 6.07 Å². The summed E-state index contributed by atoms with van der Waals surface area (Å²) >= 11 is 5.83. The van der Waals surface area contributed by atoms with Gasteiger partial charge >= 0.3 is 6.18 Å². The van der Waals surface area contributed by atoms with Crippen LogP contribution in [0.1, 0.15) is 24.2 Å². The molecule has 34 heavy (non-hydrogen) atoms. The van der Waals surface area contributed by atoms with Crippen LogP contribution >= 0.6 is 11.6 Å². The number of nitrogens with two attached hydrogens (primary N) is 1. The van der Waals surface area contributed by atoms with Crippen molar-refractivity contribution in [2.45, 2.75) is 32.2 Å². The molecule has 3 atom stereocenters. The lowest BCUT2D eigenvalue weighted by molar-refractivity contribution is -0.159. The van der Waals surface area contributed by atoms with Crippen LogP contribution in [0.25, 0.3) is 0 Å². The Hall–Kier alpha value is -2.83. The second kappa shape index (κ2) is 11.5. The van der Waals surface area contributed by atoms with E-state index >= 15 is 0 Å². The molecule has 0 saturated carbocycles. The van der Waals surface area contributed by atoms with Gasteiger partial charge in [-0.2, -0.15) is 13.2 Å². The quantitative estimate of drug-likeness (QED) is 0.253. The molecule has 6 nitrogen and oxygen atoms in total. The van der Waals surface area contributed by atoms with Crippen molar-refractivity contribution in [2.75, 3.05) is 11.9 Å². The van der Waals surface area contributed by atoms with Crippen LogP contribution < -0.4 is 21.7 Å². The first-order chi connectivity index (χ1) is 15.8. The average molecular weight is 510 g/mol. The molecular weight excluding hydrogens is 488 g/mol. The minimum Gasteiger partial charge on any atom is -0.326 e. The number of carbonyl (C=O) groups excluding carboxylic acids is 1. The highest BCUT2D eigenvalue weighted by molar-refractivity contribution is 6.31. The average Bonchev–Trinajstić information content (AvgIpc) is 2.72. The zero-order chi connectivity index (χ0) is 25.6. The van der Waals surface area contributed by atoms with Crippen molar-refractivity contribution in [1.82, 2.24) is 10.6 Å². The monoisotopic (exact) mass is 509 g/mol. The third-order valence-electron chi connectivity index (χ3n) is 4.66. The van der Waals surface area contributed by atoms with Crippen molar-refractivity contribution < 1.29 is 31.1 Å². The fourth-order valence-corrected chi connectivity index (χ4v) is 3.09. The van der Waals surface area contributed by atoms with Gasteiger partial charge in [-0.3, -0.25) is 15.4 Å². The van der Waals surface area contributed by atoms with E-state index in [9.17, 15) is 31.1 Å². The van der Waals surface area contributed by atoms with Crippen molar-refractivity contribution in [3.63, 3.8) is 0 Å². The number of alkyl halides is 3. The maximum Gasteiger partial charge on any atom is 0.404 e. The van der Waals surface area contributed by atoms with E-state index in [4.69, 9.17) is 17.3 Å². The third-order valence-corrected chi connectivity index (χ3v) is 4.88. The SMILES string of the molecule is CCNC(N=C(NC(=O)c1ccc(F)c(F)c1)Nc1cc(F)cc(Cl)c1)C(C)C(N)C(F)(F)F. The smallest absolute Gasteiger partial charge is 0.326 e. The summed E-state index contributed by atoms with van der Waals surface area (Å²) in [5.41, 5.74) is 5.04. The van der Waals surface area contributed by atoms with Gasteiger partial charge in [0.25, 0.3) is 5.91 Å². The van der Waals surface area contributed by atoms with Gasteiger partial charge < -0.3 is 11.1 Å². The number of rotatable bonds is 7. The maximum absolute atomic E-state index is 13.8. The van der Waals surface area contributed by atoms with Crippen molar-refractivity contribution in [3.8, 4) is 0 Å². The number of anilines is 1. The molecule has 0 aliphatic carbocycles. The van der Waals surface area contributed by atoms with Gasteiger partial charge in [-0.25, -0.2) is 18.2 Å². The number of benzene rings is 2. The van der Waals surface area contributed by atoms with Crippen molar-refractivity contribution in [1.29, 1.82) is 0 Å². The summed E-state index contributed by atoms with van der Waals surface area (Å²) in [6, 6.07) is 3.38. The third kappa shape index (κ3) is 7.61. The zero-order valence-electron chi connectivity index (χ0n) is 18.0. The van der Waals surface area contributed by atoms with Gasteiger partial charge in [-0.05, 0) is 42.9 Å². The molecule has 0 heterocycles. The van der Waals surface area contributed by atoms with Crippen LogP contribution in [0.15, 0.2) is 41.4 Å². The molecule has 3 unspecified atom stereocenters. The van der Waals surface area contributed by atoms with E-state index in [2.05, 4.69) is 20.9 Å². The van der Waals surface area contributed by atoms with Gasteiger partial charge in [0.15, 0.2) is 11.6 Å². The van der Waals surface area contributed by atoms with Crippen LogP contribution in [-0.4, -0.2) is 36.8 Å². The second-order valence-corrected chi connectivity index (χ2v) is 7.71. The lowest BCUT2D eigenvalue weighted by Gasteiger charge is -2.28. The molecule has 0 aromatic heterocycles. The molecule has 0 spiro atoms. The van der Waals surface area contributed by atoms with Gasteiger partial charge in [-0.15, -0.1) is 0 Å². The molecule has 5 N–H and O–H groups in total. The fourth-order valence-electron chi connectivity index (χ4n) is 2.87. The Bertz CT molecular complexity index is 1030. The Labute approximate surface area is 196 Å². The van der Waals surface area contributed by atoms with Gasteiger partial charge in [0.05, 0.1) is 0 Å². The highest BCUT2D eigenvalue weighted by Gasteiger charge is 2.43. The van der Waals surface area contributed by atoms with Crippen LogP contribution in [0.3, 0.4) is 0 Å². The molecular formula is C21H22ClF6N5O. The molecule has 186 valence electrons. The minimum absolute atomic E-state index is 0.00974. The highest BCUT2D eigenvalue weighted by atomic mass is 35.5. The van der Waals surface area contributed by atoms with E-state index in [1.807, 2.05) is 0 Å². The number of halogens is 7. The number of hydrogen-bond donors (Lipinski definition) is 4. The Morgan fingerprint density at radius 1 is 1.12 bits per heavy atom. The summed E-state index contributed by atoms with van der Waals surface area (Å²) in [4.78, 5) is 16.7. The number of guanidine groups is 1. The van der Waals surface area contributed by atoms with Gasteiger partial charge in [0, 0.05) is 22.2 Å². The zero-order valence-corrected chi connectivity index (χ0v) is 18.7. The number of aliphatic imine (C=N–C) groups is 1. The predicted octanol–water partition coefficient (Wildman–Crippen LogP) is 4.42. The second-order valence-electron chi connectivity index (χ2n) is 7.27. The molecule has 2 rings (SSSR count). The summed E-state index contributed by atoms with van der Waals surface area (Å²) in [5, 5.41) is 7.57. The molecule has 13 heteroatoms. The summed E-state index contributed by atoms with van der Waals surface area (Å²) in [5.74, 6) is -5.88. The first-order valence-electron chi connectivity index (χ1n) is 9.94. The Morgan fingerprint density at radius 3 is 2.35 bits per heavy atom. The Balaban J connectivity index is 2.44. The minimum atomic E-state index is -4.72. The van der Waals surface area contributed by atoms with Crippen LogP contribution in [0.2, 0.25) is 5.02 Å². The van der Waals surface area contributed by atoms with E-state index in [0.717, 1.165) is 24.3 Å². The molecule has 0 fully saturated rings. The topological polar surface area (TPSA) is 91.5 Å². The molecule has 0 radical (unpaired) electrons. The number of nitrogens with zero attached hydrogens (tertiary/aromatic N) is 1. The van der Waals surface area contributed by atoms with E-state index < -0.39 is 53.6 Å². The van der Waals surface area contributed by atoms with Crippen LogP contribution in [0.4, 0.5) is 32.0 Å². The number of amides is 1. The normalized spacial score (nSPS) is 14.9. The lowest BCUT2D eigenvalue weighted by atomic mass is 9.99. The molecule has 2 aromatic carbocycles. The van der Waals surface area contributed by atoms with Crippen molar-refractivity contribution >= 4 is 29.2 Å². The fraction of sp³-hybridized carbons (Fsp3) is 0.333. The standard InChI is InChI=1S/C21H22ClF6N5O/c1-3-30-18(10(2)17(29)21(26,27)28)32-20(31-14-8-12(22)7-13(23)9-14)33-19(34)11-4-5-15(24)16(25)6-11/h4-10,17-18,30H,3,29H2,1-2H3,(H2,31,32,33,34). The number of hydrogen-bond acceptors (Lipinski definition) is 4. The van der Waals surface area contributed by atoms with E-state index in [1.165, 1.54) is 13.0 Å². The summed E-state index contributed by atoms with van der Waals surface area (Å²) < 4.78 is 80.0. The van der Waals surface area contributed by atoms with Crippen LogP contribution in [0, 0.1) is 23.4 Å². The molecule has 0 aliphatic rings.